The largest absolute Gasteiger partial charge is 0.481 e. The van der Waals surface area contributed by atoms with Crippen LogP contribution in [0.1, 0.15) is 33.9 Å². The van der Waals surface area contributed by atoms with Gasteiger partial charge in [-0.25, -0.2) is 4.98 Å². The molecule has 1 unspecified atom stereocenters. The van der Waals surface area contributed by atoms with Crippen LogP contribution in [0.5, 0.6) is 0 Å². The number of imidazole rings is 1. The topological polar surface area (TPSA) is 127 Å². The first-order chi connectivity index (χ1) is 17.0. The molecule has 12 heteroatoms. The highest BCUT2D eigenvalue weighted by Gasteiger charge is 2.34. The summed E-state index contributed by atoms with van der Waals surface area (Å²) in [6.45, 7) is 0. The van der Waals surface area contributed by atoms with Gasteiger partial charge in [-0.15, -0.1) is 0 Å². The highest BCUT2D eigenvalue weighted by molar-refractivity contribution is 6.07. The first kappa shape index (κ1) is 24.4. The monoisotopic (exact) mass is 498 g/mol. The Morgan fingerprint density at radius 1 is 1.08 bits per heavy atom. The van der Waals surface area contributed by atoms with Gasteiger partial charge >= 0.3 is 12.1 Å². The van der Waals surface area contributed by atoms with Crippen LogP contribution in [-0.4, -0.2) is 31.5 Å². The van der Waals surface area contributed by atoms with E-state index in [-0.39, 0.29) is 12.1 Å². The molecule has 1 amide bonds. The number of anilines is 1. The van der Waals surface area contributed by atoms with Crippen LogP contribution < -0.4 is 5.32 Å². The first-order valence-corrected chi connectivity index (χ1v) is 10.4. The van der Waals surface area contributed by atoms with E-state index in [2.05, 4.69) is 10.3 Å². The minimum Gasteiger partial charge on any atom is -0.481 e. The molecule has 0 saturated carbocycles. The van der Waals surface area contributed by atoms with E-state index in [9.17, 15) is 38.0 Å². The first-order valence-electron chi connectivity index (χ1n) is 10.4. The van der Waals surface area contributed by atoms with Gasteiger partial charge in [0.1, 0.15) is 5.56 Å². The Morgan fingerprint density at radius 3 is 2.44 bits per heavy atom. The van der Waals surface area contributed by atoms with Gasteiger partial charge in [-0.2, -0.15) is 13.2 Å². The number of fused-ring (bicyclic) bond motifs is 1. The van der Waals surface area contributed by atoms with E-state index in [4.69, 9.17) is 0 Å². The lowest BCUT2D eigenvalue weighted by atomic mass is 10.0. The van der Waals surface area contributed by atoms with Crippen LogP contribution in [0.3, 0.4) is 0 Å². The summed E-state index contributed by atoms with van der Waals surface area (Å²) < 4.78 is 40.5. The van der Waals surface area contributed by atoms with Gasteiger partial charge in [-0.1, -0.05) is 30.3 Å². The lowest BCUT2D eigenvalue weighted by Gasteiger charge is -2.18. The Balaban J connectivity index is 1.70. The van der Waals surface area contributed by atoms with Gasteiger partial charge in [0.05, 0.1) is 40.3 Å². The number of nitrogens with zero attached hydrogens (tertiary/aromatic N) is 3. The summed E-state index contributed by atoms with van der Waals surface area (Å²) >= 11 is 0. The molecule has 0 spiro atoms. The third-order valence-electron chi connectivity index (χ3n) is 5.49. The number of aromatic nitrogens is 2. The predicted molar refractivity (Wildman–Crippen MR) is 123 cm³/mol. The van der Waals surface area contributed by atoms with E-state index in [1.807, 2.05) is 0 Å². The van der Waals surface area contributed by atoms with E-state index >= 15 is 0 Å². The molecular formula is C24H17F3N4O5. The molecule has 4 aromatic rings. The zero-order chi connectivity index (χ0) is 26.0. The summed E-state index contributed by atoms with van der Waals surface area (Å²) in [7, 11) is 0. The van der Waals surface area contributed by atoms with Crippen molar-refractivity contribution in [1.29, 1.82) is 0 Å². The lowest BCUT2D eigenvalue weighted by Crippen LogP contribution is -2.16. The Bertz CT molecular complexity index is 1470. The Morgan fingerprint density at radius 2 is 1.81 bits per heavy atom. The number of carboxylic acids is 1. The van der Waals surface area contributed by atoms with E-state index in [1.54, 1.807) is 41.0 Å². The van der Waals surface area contributed by atoms with Crippen molar-refractivity contribution < 1.29 is 32.8 Å². The smallest absolute Gasteiger partial charge is 0.416 e. The molecule has 0 bridgehead atoms. The Kier molecular flexibility index (Phi) is 6.43. The maximum absolute atomic E-state index is 13.0. The van der Waals surface area contributed by atoms with Crippen molar-refractivity contribution in [3.63, 3.8) is 0 Å². The summed E-state index contributed by atoms with van der Waals surface area (Å²) in [6.07, 6.45) is -3.59. The van der Waals surface area contributed by atoms with Crippen LogP contribution in [0.4, 0.5) is 24.5 Å². The number of alkyl halides is 3. The van der Waals surface area contributed by atoms with Crippen molar-refractivity contribution >= 4 is 34.3 Å². The van der Waals surface area contributed by atoms with Crippen molar-refractivity contribution in [1.82, 2.24) is 9.55 Å². The van der Waals surface area contributed by atoms with Crippen molar-refractivity contribution in [3.8, 4) is 0 Å². The highest BCUT2D eigenvalue weighted by Crippen LogP contribution is 2.34. The molecular weight excluding hydrogens is 481 g/mol. The second kappa shape index (κ2) is 9.49. The molecule has 3 aromatic carbocycles. The van der Waals surface area contributed by atoms with Gasteiger partial charge in [-0.05, 0) is 35.9 Å². The lowest BCUT2D eigenvalue weighted by molar-refractivity contribution is -0.385. The highest BCUT2D eigenvalue weighted by atomic mass is 19.4. The average Bonchev–Trinajstić information content (AvgIpc) is 3.25. The number of carbonyl (C=O) groups is 2. The van der Waals surface area contributed by atoms with Crippen LogP contribution in [0.15, 0.2) is 73.1 Å². The van der Waals surface area contributed by atoms with Crippen LogP contribution >= 0.6 is 0 Å². The number of amides is 1. The number of aliphatic carboxylic acids is 1. The molecule has 1 heterocycles. The van der Waals surface area contributed by atoms with Crippen molar-refractivity contribution in [2.24, 2.45) is 0 Å². The molecule has 0 fully saturated rings. The molecule has 0 aliphatic rings. The number of nitrogens with one attached hydrogen (secondary N) is 1. The zero-order valence-electron chi connectivity index (χ0n) is 18.3. The van der Waals surface area contributed by atoms with Crippen LogP contribution in [0.2, 0.25) is 0 Å². The second-order valence-electron chi connectivity index (χ2n) is 7.82. The normalized spacial score (nSPS) is 12.3. The molecule has 0 aliphatic heterocycles. The number of nitro benzene ring substituents is 1. The minimum atomic E-state index is -4.81. The number of halogens is 3. The quantitative estimate of drug-likeness (QED) is 0.264. The standard InChI is InChI=1S/C24H17F3N4O5/c25-24(26,27)15-6-8-17(20(10-15)31(35)36)23(34)29-16-7-9-18-21(11-16)30(13-28-18)19(12-22(32)33)14-4-2-1-3-5-14/h1-11,13,19H,12H2,(H,29,34)(H,32,33). The van der Waals surface area contributed by atoms with Crippen molar-refractivity contribution in [3.05, 3.63) is 99.9 Å². The number of hydrogen-bond acceptors (Lipinski definition) is 5. The fourth-order valence-corrected chi connectivity index (χ4v) is 3.82. The fraction of sp³-hybridized carbons (Fsp3) is 0.125. The third kappa shape index (κ3) is 5.02. The number of carbonyl (C=O) groups excluding carboxylic acids is 1. The molecule has 1 atom stereocenters. The zero-order valence-corrected chi connectivity index (χ0v) is 18.3. The van der Waals surface area contributed by atoms with Gasteiger partial charge in [0.15, 0.2) is 0 Å². The number of carboxylic acid groups (broad SMARTS) is 1. The summed E-state index contributed by atoms with van der Waals surface area (Å²) in [5.41, 5.74) is -0.903. The summed E-state index contributed by atoms with van der Waals surface area (Å²) in [5, 5.41) is 23.2. The van der Waals surface area contributed by atoms with E-state index in [1.165, 1.54) is 18.5 Å². The number of benzene rings is 3. The molecule has 0 aliphatic carbocycles. The summed E-state index contributed by atoms with van der Waals surface area (Å²) in [5.74, 6) is -2.02. The van der Waals surface area contributed by atoms with Gasteiger partial charge in [0.25, 0.3) is 11.6 Å². The molecule has 0 radical (unpaired) electrons. The number of hydrogen-bond donors (Lipinski definition) is 2. The molecule has 4 rings (SSSR count). The molecule has 1 aromatic heterocycles. The van der Waals surface area contributed by atoms with E-state index in [0.717, 1.165) is 6.07 Å². The number of rotatable bonds is 7. The van der Waals surface area contributed by atoms with E-state index < -0.39 is 45.8 Å². The van der Waals surface area contributed by atoms with Crippen molar-refractivity contribution in [2.45, 2.75) is 18.6 Å². The fourth-order valence-electron chi connectivity index (χ4n) is 3.82. The average molecular weight is 498 g/mol. The second-order valence-corrected chi connectivity index (χ2v) is 7.82. The van der Waals surface area contributed by atoms with Gasteiger partial charge in [0.2, 0.25) is 0 Å². The van der Waals surface area contributed by atoms with Crippen molar-refractivity contribution in [2.75, 3.05) is 5.32 Å². The van der Waals surface area contributed by atoms with Crippen LogP contribution in [-0.2, 0) is 11.0 Å². The third-order valence-corrected chi connectivity index (χ3v) is 5.49. The predicted octanol–water partition coefficient (Wildman–Crippen LogP) is 5.28. The van der Waals surface area contributed by atoms with Crippen LogP contribution in [0, 0.1) is 10.1 Å². The Hall–Kier alpha value is -4.74. The summed E-state index contributed by atoms with van der Waals surface area (Å²) in [6, 6.07) is 14.5. The maximum Gasteiger partial charge on any atom is 0.416 e. The number of nitro groups is 1. The maximum atomic E-state index is 13.0. The van der Waals surface area contributed by atoms with Crippen LogP contribution in [0.25, 0.3) is 11.0 Å². The van der Waals surface area contributed by atoms with Gasteiger partial charge < -0.3 is 15.0 Å². The molecule has 2 N–H and O–H groups in total. The van der Waals surface area contributed by atoms with Gasteiger partial charge in [0, 0.05) is 11.8 Å². The minimum absolute atomic E-state index is 0.186. The van der Waals surface area contributed by atoms with Gasteiger partial charge in [-0.3, -0.25) is 19.7 Å². The molecule has 0 saturated heterocycles. The van der Waals surface area contributed by atoms with E-state index in [0.29, 0.717) is 28.7 Å². The molecule has 184 valence electrons. The summed E-state index contributed by atoms with van der Waals surface area (Å²) in [4.78, 5) is 38.9. The molecule has 9 nitrogen and oxygen atoms in total. The molecule has 36 heavy (non-hydrogen) atoms. The Labute approximate surface area is 201 Å². The SMILES string of the molecule is O=C(O)CC(c1ccccc1)n1cnc2ccc(NC(=O)c3ccc(C(F)(F)F)cc3[N+](=O)[O-])cc21.